The number of nitrogens with one attached hydrogen (secondary N) is 2. The summed E-state index contributed by atoms with van der Waals surface area (Å²) in [4.78, 5) is 15.8. The number of anilines is 3. The zero-order valence-corrected chi connectivity index (χ0v) is 14.3. The molecule has 0 saturated heterocycles. The van der Waals surface area contributed by atoms with Crippen molar-refractivity contribution >= 4 is 33.9 Å². The lowest BCUT2D eigenvalue weighted by molar-refractivity contribution is -0.114. The second kappa shape index (κ2) is 6.92. The van der Waals surface area contributed by atoms with Crippen molar-refractivity contribution in [1.29, 1.82) is 10.5 Å². The highest BCUT2D eigenvalue weighted by Crippen LogP contribution is 2.32. The molecule has 0 aliphatic carbocycles. The second-order valence-electron chi connectivity index (χ2n) is 5.84. The molecular weight excluding hydrogens is 326 g/mol. The van der Waals surface area contributed by atoms with Crippen molar-refractivity contribution < 1.29 is 4.79 Å². The van der Waals surface area contributed by atoms with Crippen LogP contribution in [-0.2, 0) is 4.79 Å². The fraction of sp³-hybridized carbons (Fsp3) is 0.100. The van der Waals surface area contributed by atoms with E-state index in [1.807, 2.05) is 19.1 Å². The van der Waals surface area contributed by atoms with Crippen LogP contribution in [0, 0.1) is 29.6 Å². The molecule has 0 atom stereocenters. The molecule has 0 spiro atoms. The van der Waals surface area contributed by atoms with E-state index >= 15 is 0 Å². The van der Waals surface area contributed by atoms with E-state index in [0.717, 1.165) is 5.56 Å². The van der Waals surface area contributed by atoms with Gasteiger partial charge >= 0.3 is 0 Å². The molecule has 126 valence electrons. The van der Waals surface area contributed by atoms with E-state index in [2.05, 4.69) is 27.8 Å². The Balaban J connectivity index is 2.19. The smallest absolute Gasteiger partial charge is 0.221 e. The third-order valence-corrected chi connectivity index (χ3v) is 3.91. The minimum absolute atomic E-state index is 0.173. The van der Waals surface area contributed by atoms with E-state index in [0.29, 0.717) is 39.1 Å². The van der Waals surface area contributed by atoms with Crippen molar-refractivity contribution in [2.45, 2.75) is 13.8 Å². The maximum absolute atomic E-state index is 11.4. The van der Waals surface area contributed by atoms with Gasteiger partial charge in [0.25, 0.3) is 0 Å². The molecule has 6 heteroatoms. The monoisotopic (exact) mass is 341 g/mol. The normalized spacial score (nSPS) is 10.0. The van der Waals surface area contributed by atoms with Crippen molar-refractivity contribution in [3.05, 3.63) is 59.3 Å². The Morgan fingerprint density at radius 1 is 1.15 bits per heavy atom. The molecule has 1 heterocycles. The van der Waals surface area contributed by atoms with Gasteiger partial charge in [-0.1, -0.05) is 6.07 Å². The van der Waals surface area contributed by atoms with Crippen molar-refractivity contribution in [3.8, 4) is 12.1 Å². The third-order valence-electron chi connectivity index (χ3n) is 3.91. The number of benzene rings is 2. The second-order valence-corrected chi connectivity index (χ2v) is 5.84. The van der Waals surface area contributed by atoms with Crippen LogP contribution >= 0.6 is 0 Å². The number of hydrogen-bond donors (Lipinski definition) is 2. The average molecular weight is 341 g/mol. The highest BCUT2D eigenvalue weighted by molar-refractivity contribution is 6.00. The number of nitrogens with zero attached hydrogens (tertiary/aromatic N) is 3. The van der Waals surface area contributed by atoms with Gasteiger partial charge in [0.1, 0.15) is 6.07 Å². The molecular formula is C20H15N5O. The highest BCUT2D eigenvalue weighted by Gasteiger charge is 2.12. The van der Waals surface area contributed by atoms with E-state index in [-0.39, 0.29) is 5.91 Å². The Morgan fingerprint density at radius 2 is 1.96 bits per heavy atom. The van der Waals surface area contributed by atoms with Gasteiger partial charge in [-0.25, -0.2) is 0 Å². The van der Waals surface area contributed by atoms with Gasteiger partial charge in [-0.05, 0) is 42.8 Å². The number of aromatic nitrogens is 1. The Bertz CT molecular complexity index is 1110. The predicted octanol–water partition coefficient (Wildman–Crippen LogP) is 3.99. The maximum Gasteiger partial charge on any atom is 0.221 e. The first-order valence-corrected chi connectivity index (χ1v) is 7.90. The summed E-state index contributed by atoms with van der Waals surface area (Å²) in [6, 6.07) is 14.9. The molecule has 3 rings (SSSR count). The van der Waals surface area contributed by atoms with Gasteiger partial charge in [0.2, 0.25) is 5.91 Å². The minimum atomic E-state index is -0.173. The standard InChI is InChI=1S/C20H15N5O/c1-12-6-19-17(8-18(12)24-13(2)26)20(15(10-22)11-23-19)25-16-5-3-4-14(7-16)9-21/h3-8,11H,1-2H3,(H,23,25)(H,24,26). The molecule has 1 amide bonds. The first-order chi connectivity index (χ1) is 12.5. The number of amides is 1. The van der Waals surface area contributed by atoms with Crippen molar-refractivity contribution in [1.82, 2.24) is 4.98 Å². The number of nitriles is 2. The molecule has 0 fully saturated rings. The molecule has 0 unspecified atom stereocenters. The van der Waals surface area contributed by atoms with Crippen molar-refractivity contribution in [2.24, 2.45) is 0 Å². The van der Waals surface area contributed by atoms with Crippen LogP contribution in [0.3, 0.4) is 0 Å². The van der Waals surface area contributed by atoms with Gasteiger partial charge in [0, 0.05) is 29.9 Å². The number of carbonyl (C=O) groups is 1. The van der Waals surface area contributed by atoms with E-state index in [1.165, 1.54) is 13.1 Å². The van der Waals surface area contributed by atoms with Crippen LogP contribution in [0.5, 0.6) is 0 Å². The summed E-state index contributed by atoms with van der Waals surface area (Å²) in [5.41, 5.74) is 4.40. The van der Waals surface area contributed by atoms with Gasteiger partial charge in [0.15, 0.2) is 0 Å². The Hall–Kier alpha value is -3.90. The summed E-state index contributed by atoms with van der Waals surface area (Å²) >= 11 is 0. The Kier molecular flexibility index (Phi) is 4.51. The molecule has 0 aliphatic heterocycles. The minimum Gasteiger partial charge on any atom is -0.354 e. The SMILES string of the molecule is CC(=O)Nc1cc2c(Nc3cccc(C#N)c3)c(C#N)cnc2cc1C. The fourth-order valence-corrected chi connectivity index (χ4v) is 2.70. The lowest BCUT2D eigenvalue weighted by Crippen LogP contribution is -2.07. The number of carbonyl (C=O) groups excluding carboxylic acids is 1. The topological polar surface area (TPSA) is 102 Å². The molecule has 0 saturated carbocycles. The van der Waals surface area contributed by atoms with Crippen LogP contribution < -0.4 is 10.6 Å². The summed E-state index contributed by atoms with van der Waals surface area (Å²) in [5.74, 6) is -0.173. The number of pyridine rings is 1. The zero-order valence-electron chi connectivity index (χ0n) is 14.3. The number of aryl methyl sites for hydroxylation is 1. The fourth-order valence-electron chi connectivity index (χ4n) is 2.70. The Morgan fingerprint density at radius 3 is 2.65 bits per heavy atom. The van der Waals surface area contributed by atoms with Gasteiger partial charge in [-0.2, -0.15) is 10.5 Å². The lowest BCUT2D eigenvalue weighted by atomic mass is 10.1. The lowest BCUT2D eigenvalue weighted by Gasteiger charge is -2.14. The van der Waals surface area contributed by atoms with Crippen molar-refractivity contribution in [3.63, 3.8) is 0 Å². The van der Waals surface area contributed by atoms with Gasteiger partial charge in [0.05, 0.1) is 28.4 Å². The van der Waals surface area contributed by atoms with E-state index in [9.17, 15) is 10.1 Å². The highest BCUT2D eigenvalue weighted by atomic mass is 16.1. The van der Waals surface area contributed by atoms with E-state index in [1.54, 1.807) is 24.3 Å². The quantitative estimate of drug-likeness (QED) is 0.750. The number of rotatable bonds is 3. The first kappa shape index (κ1) is 16.9. The largest absolute Gasteiger partial charge is 0.354 e. The third kappa shape index (κ3) is 3.31. The summed E-state index contributed by atoms with van der Waals surface area (Å²) in [6.07, 6.45) is 1.51. The maximum atomic E-state index is 11.4. The van der Waals surface area contributed by atoms with Gasteiger partial charge in [-0.15, -0.1) is 0 Å². The van der Waals surface area contributed by atoms with Gasteiger partial charge in [-0.3, -0.25) is 9.78 Å². The van der Waals surface area contributed by atoms with Crippen LogP contribution in [0.2, 0.25) is 0 Å². The molecule has 0 bridgehead atoms. The van der Waals surface area contributed by atoms with E-state index < -0.39 is 0 Å². The summed E-state index contributed by atoms with van der Waals surface area (Å²) in [5, 5.41) is 25.3. The molecule has 26 heavy (non-hydrogen) atoms. The molecule has 3 aromatic rings. The molecule has 1 aromatic heterocycles. The zero-order chi connectivity index (χ0) is 18.7. The average Bonchev–Trinajstić information content (AvgIpc) is 2.63. The van der Waals surface area contributed by atoms with Crippen LogP contribution in [0.25, 0.3) is 10.9 Å². The first-order valence-electron chi connectivity index (χ1n) is 7.90. The Labute approximate surface area is 150 Å². The van der Waals surface area contributed by atoms with Crippen LogP contribution in [0.4, 0.5) is 17.1 Å². The summed E-state index contributed by atoms with van der Waals surface area (Å²) in [6.45, 7) is 3.33. The molecule has 0 aliphatic rings. The van der Waals surface area contributed by atoms with Crippen molar-refractivity contribution in [2.75, 3.05) is 10.6 Å². The summed E-state index contributed by atoms with van der Waals surface area (Å²) in [7, 11) is 0. The number of fused-ring (bicyclic) bond motifs is 1. The van der Waals surface area contributed by atoms with Crippen LogP contribution in [0.1, 0.15) is 23.6 Å². The molecule has 2 N–H and O–H groups in total. The molecule has 0 radical (unpaired) electrons. The predicted molar refractivity (Wildman–Crippen MR) is 99.9 cm³/mol. The molecule has 6 nitrogen and oxygen atoms in total. The van der Waals surface area contributed by atoms with Crippen LogP contribution in [0.15, 0.2) is 42.6 Å². The van der Waals surface area contributed by atoms with Crippen LogP contribution in [-0.4, -0.2) is 10.9 Å². The summed E-state index contributed by atoms with van der Waals surface area (Å²) < 4.78 is 0. The molecule has 2 aromatic carbocycles. The van der Waals surface area contributed by atoms with Gasteiger partial charge < -0.3 is 10.6 Å². The van der Waals surface area contributed by atoms with E-state index in [4.69, 9.17) is 5.26 Å². The number of hydrogen-bond acceptors (Lipinski definition) is 5.